The molecule has 1 aromatic heterocycles. The van der Waals surface area contributed by atoms with E-state index in [0.717, 1.165) is 22.5 Å². The molecular formula is C17H16Cl2N2. The maximum Gasteiger partial charge on any atom is 0.132 e. The second-order valence-electron chi connectivity index (χ2n) is 5.27. The van der Waals surface area contributed by atoms with Crippen molar-refractivity contribution in [1.29, 1.82) is 0 Å². The molecule has 0 amide bonds. The van der Waals surface area contributed by atoms with E-state index in [1.165, 1.54) is 11.1 Å². The number of halogens is 2. The lowest BCUT2D eigenvalue weighted by molar-refractivity contribution is 0.877. The van der Waals surface area contributed by atoms with E-state index in [9.17, 15) is 0 Å². The molecular weight excluding hydrogens is 303 g/mol. The highest BCUT2D eigenvalue weighted by Crippen LogP contribution is 2.31. The van der Waals surface area contributed by atoms with Crippen LogP contribution in [0.25, 0.3) is 16.7 Å². The van der Waals surface area contributed by atoms with Crippen molar-refractivity contribution in [2.24, 2.45) is 0 Å². The number of rotatable bonds is 2. The van der Waals surface area contributed by atoms with Gasteiger partial charge in [0.1, 0.15) is 5.82 Å². The number of nitrogens with zero attached hydrogens (tertiary/aromatic N) is 2. The molecule has 1 heterocycles. The Balaban J connectivity index is 2.41. The number of imidazole rings is 1. The normalized spacial score (nSPS) is 12.8. The molecule has 2 aromatic carbocycles. The number of alkyl halides is 1. The first kappa shape index (κ1) is 14.4. The number of hydrogen-bond acceptors (Lipinski definition) is 1. The number of benzene rings is 2. The molecule has 3 aromatic rings. The van der Waals surface area contributed by atoms with Crippen LogP contribution >= 0.6 is 23.2 Å². The molecule has 0 fully saturated rings. The Morgan fingerprint density at radius 3 is 2.62 bits per heavy atom. The molecule has 0 N–H and O–H groups in total. The number of fused-ring (bicyclic) bond motifs is 1. The summed E-state index contributed by atoms with van der Waals surface area (Å²) in [5.74, 6) is 0.836. The molecule has 0 saturated carbocycles. The standard InChI is InChI=1S/C17H16Cl2N2/c1-10-5-4-6-15(11(10)2)21-16-9-13(19)7-8-14(16)20-17(21)12(3)18/h4-9,12H,1-3H3. The van der Waals surface area contributed by atoms with E-state index in [4.69, 9.17) is 23.2 Å². The first-order valence-electron chi connectivity index (χ1n) is 6.87. The van der Waals surface area contributed by atoms with E-state index in [1.807, 2.05) is 25.1 Å². The predicted molar refractivity (Wildman–Crippen MR) is 89.8 cm³/mol. The molecule has 0 bridgehead atoms. The molecule has 108 valence electrons. The molecule has 1 unspecified atom stereocenters. The minimum Gasteiger partial charge on any atom is -0.295 e. The Hall–Kier alpha value is -1.51. The van der Waals surface area contributed by atoms with Gasteiger partial charge in [-0.25, -0.2) is 4.98 Å². The van der Waals surface area contributed by atoms with Crippen LogP contribution in [0.4, 0.5) is 0 Å². The lowest BCUT2D eigenvalue weighted by Gasteiger charge is -2.14. The maximum atomic E-state index is 6.35. The number of aryl methyl sites for hydroxylation is 1. The van der Waals surface area contributed by atoms with Crippen molar-refractivity contribution in [3.8, 4) is 5.69 Å². The monoisotopic (exact) mass is 318 g/mol. The van der Waals surface area contributed by atoms with E-state index in [1.54, 1.807) is 0 Å². The molecule has 0 aliphatic rings. The Morgan fingerprint density at radius 2 is 1.90 bits per heavy atom. The molecule has 0 saturated heterocycles. The smallest absolute Gasteiger partial charge is 0.132 e. The molecule has 0 radical (unpaired) electrons. The molecule has 2 nitrogen and oxygen atoms in total. The zero-order valence-electron chi connectivity index (χ0n) is 12.2. The third kappa shape index (κ3) is 2.43. The van der Waals surface area contributed by atoms with Gasteiger partial charge in [-0.2, -0.15) is 0 Å². The summed E-state index contributed by atoms with van der Waals surface area (Å²) >= 11 is 12.5. The minimum atomic E-state index is -0.184. The Bertz CT molecular complexity index is 819. The summed E-state index contributed by atoms with van der Waals surface area (Å²) in [6.45, 7) is 6.16. The highest BCUT2D eigenvalue weighted by Gasteiger charge is 2.18. The third-order valence-electron chi connectivity index (χ3n) is 3.82. The lowest BCUT2D eigenvalue weighted by Crippen LogP contribution is -2.04. The van der Waals surface area contributed by atoms with Crippen LogP contribution in [-0.2, 0) is 0 Å². The fourth-order valence-electron chi connectivity index (χ4n) is 2.56. The van der Waals surface area contributed by atoms with Crippen LogP contribution in [0, 0.1) is 13.8 Å². The molecule has 0 aliphatic heterocycles. The van der Waals surface area contributed by atoms with Crippen LogP contribution in [0.2, 0.25) is 5.02 Å². The van der Waals surface area contributed by atoms with Crippen molar-refractivity contribution in [3.05, 3.63) is 58.4 Å². The molecule has 21 heavy (non-hydrogen) atoms. The first-order valence-corrected chi connectivity index (χ1v) is 7.69. The third-order valence-corrected chi connectivity index (χ3v) is 4.25. The average molecular weight is 319 g/mol. The van der Waals surface area contributed by atoms with Gasteiger partial charge in [0.2, 0.25) is 0 Å². The SMILES string of the molecule is Cc1cccc(-n2c(C(C)Cl)nc3ccc(Cl)cc32)c1C. The minimum absolute atomic E-state index is 0.184. The lowest BCUT2D eigenvalue weighted by atomic mass is 10.1. The highest BCUT2D eigenvalue weighted by molar-refractivity contribution is 6.31. The van der Waals surface area contributed by atoms with Crippen LogP contribution in [0.3, 0.4) is 0 Å². The van der Waals surface area contributed by atoms with Crippen LogP contribution in [0.1, 0.15) is 29.3 Å². The molecule has 0 aliphatic carbocycles. The van der Waals surface area contributed by atoms with Gasteiger partial charge in [-0.1, -0.05) is 23.7 Å². The van der Waals surface area contributed by atoms with E-state index >= 15 is 0 Å². The summed E-state index contributed by atoms with van der Waals surface area (Å²) in [5, 5.41) is 0.513. The van der Waals surface area contributed by atoms with Gasteiger partial charge >= 0.3 is 0 Å². The summed E-state index contributed by atoms with van der Waals surface area (Å²) in [4.78, 5) is 4.67. The molecule has 1 atom stereocenters. The van der Waals surface area contributed by atoms with Crippen molar-refractivity contribution in [2.75, 3.05) is 0 Å². The summed E-state index contributed by atoms with van der Waals surface area (Å²) in [5.41, 5.74) is 5.45. The van der Waals surface area contributed by atoms with Crippen LogP contribution in [-0.4, -0.2) is 9.55 Å². The van der Waals surface area contributed by atoms with Crippen LogP contribution < -0.4 is 0 Å². The van der Waals surface area contributed by atoms with Crippen molar-refractivity contribution in [2.45, 2.75) is 26.1 Å². The van der Waals surface area contributed by atoms with Gasteiger partial charge in [-0.3, -0.25) is 4.57 Å². The second-order valence-corrected chi connectivity index (χ2v) is 6.36. The molecule has 3 rings (SSSR count). The summed E-state index contributed by atoms with van der Waals surface area (Å²) < 4.78 is 2.11. The zero-order valence-corrected chi connectivity index (χ0v) is 13.7. The quantitative estimate of drug-likeness (QED) is 0.563. The van der Waals surface area contributed by atoms with Gasteiger partial charge in [0, 0.05) is 5.02 Å². The predicted octanol–water partition coefficient (Wildman–Crippen LogP) is 5.60. The van der Waals surface area contributed by atoms with E-state index in [0.29, 0.717) is 5.02 Å². The zero-order chi connectivity index (χ0) is 15.1. The van der Waals surface area contributed by atoms with Crippen LogP contribution in [0.5, 0.6) is 0 Å². The fourth-order valence-corrected chi connectivity index (χ4v) is 2.88. The van der Waals surface area contributed by atoms with Gasteiger partial charge < -0.3 is 0 Å². The van der Waals surface area contributed by atoms with Gasteiger partial charge in [0.05, 0.1) is 22.1 Å². The fraction of sp³-hybridized carbons (Fsp3) is 0.235. The van der Waals surface area contributed by atoms with Gasteiger partial charge in [0.25, 0.3) is 0 Å². The van der Waals surface area contributed by atoms with Gasteiger partial charge in [-0.05, 0) is 56.2 Å². The van der Waals surface area contributed by atoms with Crippen molar-refractivity contribution < 1.29 is 0 Å². The summed E-state index contributed by atoms with van der Waals surface area (Å²) in [6.07, 6.45) is 0. The summed E-state index contributed by atoms with van der Waals surface area (Å²) in [7, 11) is 0. The number of aromatic nitrogens is 2. The van der Waals surface area contributed by atoms with E-state index < -0.39 is 0 Å². The van der Waals surface area contributed by atoms with Crippen LogP contribution in [0.15, 0.2) is 36.4 Å². The molecule has 4 heteroatoms. The Kier molecular flexibility index (Phi) is 3.68. The van der Waals surface area contributed by atoms with Crippen molar-refractivity contribution in [1.82, 2.24) is 9.55 Å². The highest BCUT2D eigenvalue weighted by atomic mass is 35.5. The topological polar surface area (TPSA) is 17.8 Å². The maximum absolute atomic E-state index is 6.35. The average Bonchev–Trinajstić information content (AvgIpc) is 2.80. The van der Waals surface area contributed by atoms with Crippen molar-refractivity contribution >= 4 is 34.2 Å². The van der Waals surface area contributed by atoms with Gasteiger partial charge in [-0.15, -0.1) is 11.6 Å². The van der Waals surface area contributed by atoms with Gasteiger partial charge in [0.15, 0.2) is 0 Å². The largest absolute Gasteiger partial charge is 0.295 e. The van der Waals surface area contributed by atoms with E-state index in [-0.39, 0.29) is 5.38 Å². The number of hydrogen-bond donors (Lipinski definition) is 0. The van der Waals surface area contributed by atoms with E-state index in [2.05, 4.69) is 41.6 Å². The van der Waals surface area contributed by atoms with Crippen molar-refractivity contribution in [3.63, 3.8) is 0 Å². The second kappa shape index (κ2) is 5.36. The Labute approximate surface area is 134 Å². The Morgan fingerprint density at radius 1 is 1.14 bits per heavy atom. The summed E-state index contributed by atoms with van der Waals surface area (Å²) in [6, 6.07) is 12.0. The first-order chi connectivity index (χ1) is 9.99. The molecule has 0 spiro atoms.